The molecule has 4 rings (SSSR count). The lowest BCUT2D eigenvalue weighted by atomic mass is 9.87. The fraction of sp³-hybridized carbons (Fsp3) is 0.593. The first kappa shape index (κ1) is 25.9. The number of nitrogens with zero attached hydrogens (tertiary/aromatic N) is 1. The fourth-order valence-corrected chi connectivity index (χ4v) is 9.03. The van der Waals surface area contributed by atoms with Gasteiger partial charge in [0.1, 0.15) is 12.4 Å². The van der Waals surface area contributed by atoms with Crippen molar-refractivity contribution in [3.05, 3.63) is 51.7 Å². The maximum Gasteiger partial charge on any atom is 0.305 e. The highest BCUT2D eigenvalue weighted by Gasteiger charge is 2.30. The summed E-state index contributed by atoms with van der Waals surface area (Å²) in [7, 11) is 4.00. The van der Waals surface area contributed by atoms with Gasteiger partial charge in [-0.2, -0.15) is 0 Å². The molecule has 0 bridgehead atoms. The van der Waals surface area contributed by atoms with Gasteiger partial charge in [0.15, 0.2) is 0 Å². The van der Waals surface area contributed by atoms with Crippen LogP contribution in [0.1, 0.15) is 61.5 Å². The highest BCUT2D eigenvalue weighted by Crippen LogP contribution is 2.49. The lowest BCUT2D eigenvalue weighted by Crippen LogP contribution is -2.42. The molecule has 2 aromatic rings. The van der Waals surface area contributed by atoms with E-state index in [2.05, 4.69) is 35.4 Å². The summed E-state index contributed by atoms with van der Waals surface area (Å²) in [6.07, 6.45) is 8.90. The molecular formula is C27H37NO3S3. The molecule has 2 aliphatic rings. The van der Waals surface area contributed by atoms with Crippen LogP contribution < -0.4 is 0 Å². The Balaban J connectivity index is 1.23. The van der Waals surface area contributed by atoms with Crippen molar-refractivity contribution in [1.29, 1.82) is 0 Å². The lowest BCUT2D eigenvalue weighted by Gasteiger charge is -2.35. The molecule has 1 aromatic heterocycles. The van der Waals surface area contributed by atoms with Gasteiger partial charge in [-0.25, -0.2) is 0 Å². The van der Waals surface area contributed by atoms with Crippen molar-refractivity contribution >= 4 is 38.9 Å². The number of hydrogen-bond donors (Lipinski definition) is 1. The van der Waals surface area contributed by atoms with Crippen LogP contribution in [0, 0.1) is 0 Å². The van der Waals surface area contributed by atoms with Crippen LogP contribution in [0.4, 0.5) is 0 Å². The van der Waals surface area contributed by atoms with Crippen LogP contribution in [0.2, 0.25) is 0 Å². The first-order valence-corrected chi connectivity index (χ1v) is 15.7. The number of unbranched alkanes of at least 4 members (excludes halogenated alkanes) is 1. The van der Waals surface area contributed by atoms with Crippen LogP contribution in [0.5, 0.6) is 5.75 Å². The van der Waals surface area contributed by atoms with Gasteiger partial charge in [-0.1, -0.05) is 46.2 Å². The minimum atomic E-state index is -0.0595. The zero-order valence-electron chi connectivity index (χ0n) is 20.2. The van der Waals surface area contributed by atoms with E-state index in [1.807, 2.05) is 27.7 Å². The molecule has 4 nitrogen and oxygen atoms in total. The molecule has 1 aromatic carbocycles. The molecule has 0 spiro atoms. The smallest absolute Gasteiger partial charge is 0.305 e. The Morgan fingerprint density at radius 3 is 2.94 bits per heavy atom. The van der Waals surface area contributed by atoms with E-state index in [-0.39, 0.29) is 5.97 Å². The van der Waals surface area contributed by atoms with Crippen molar-refractivity contribution in [3.63, 3.8) is 0 Å². The highest BCUT2D eigenvalue weighted by molar-refractivity contribution is 8.77. The number of hydrogen-bond acceptors (Lipinski definition) is 7. The van der Waals surface area contributed by atoms with Crippen molar-refractivity contribution in [3.8, 4) is 5.75 Å². The number of phenols is 1. The van der Waals surface area contributed by atoms with Crippen LogP contribution in [0.3, 0.4) is 0 Å². The van der Waals surface area contributed by atoms with Crippen LogP contribution in [0.15, 0.2) is 35.7 Å². The van der Waals surface area contributed by atoms with Crippen LogP contribution >= 0.6 is 32.9 Å². The van der Waals surface area contributed by atoms with E-state index in [1.165, 1.54) is 29.0 Å². The average molecular weight is 520 g/mol. The number of aromatic hydroxyl groups is 1. The Labute approximate surface area is 216 Å². The monoisotopic (exact) mass is 519 g/mol. The summed E-state index contributed by atoms with van der Waals surface area (Å²) in [5.41, 5.74) is 2.36. The van der Waals surface area contributed by atoms with E-state index in [1.54, 1.807) is 17.4 Å². The number of rotatable bonds is 12. The minimum Gasteiger partial charge on any atom is -0.508 e. The molecule has 0 saturated carbocycles. The lowest BCUT2D eigenvalue weighted by molar-refractivity contribution is -0.144. The van der Waals surface area contributed by atoms with Crippen LogP contribution in [-0.2, 0) is 28.8 Å². The molecule has 1 aliphatic carbocycles. The number of carbonyl (C=O) groups excluding carboxylic acids is 1. The van der Waals surface area contributed by atoms with Crippen molar-refractivity contribution in [2.24, 2.45) is 0 Å². The van der Waals surface area contributed by atoms with E-state index in [0.717, 1.165) is 57.2 Å². The van der Waals surface area contributed by atoms with E-state index < -0.39 is 0 Å². The molecule has 1 aliphatic heterocycles. The van der Waals surface area contributed by atoms with Gasteiger partial charge in [0, 0.05) is 40.9 Å². The molecule has 1 saturated heterocycles. The second kappa shape index (κ2) is 12.7. The standard InChI is InChI=1S/C27H37NO3S3/c1-27(14-19-33-34-27)13-3-2-9-26(30)31-17-16-28(15-12-23-7-5-18-32-23)22-10-11-24-21(20-22)6-4-8-25(24)29/h4-8,18,22,29H,2-3,9-17,19-20H2,1H3/t22-,27+/m0/s1. The largest absolute Gasteiger partial charge is 0.508 e. The molecular weight excluding hydrogens is 483 g/mol. The molecule has 0 amide bonds. The maximum atomic E-state index is 12.3. The van der Waals surface area contributed by atoms with Crippen LogP contribution in [-0.4, -0.2) is 52.2 Å². The molecule has 2 atom stereocenters. The average Bonchev–Trinajstić information content (AvgIpc) is 3.51. The van der Waals surface area contributed by atoms with Gasteiger partial charge in [0.25, 0.3) is 0 Å². The third-order valence-corrected chi connectivity index (χ3v) is 11.4. The minimum absolute atomic E-state index is 0.0595. The van der Waals surface area contributed by atoms with Crippen molar-refractivity contribution in [2.75, 3.05) is 25.4 Å². The molecule has 1 N–H and O–H groups in total. The Hall–Kier alpha value is -1.15. The third-order valence-electron chi connectivity index (χ3n) is 7.13. The molecule has 186 valence electrons. The summed E-state index contributed by atoms with van der Waals surface area (Å²) in [6.45, 7) is 4.54. The third kappa shape index (κ3) is 7.42. The predicted molar refractivity (Wildman–Crippen MR) is 146 cm³/mol. The molecule has 7 heteroatoms. The summed E-state index contributed by atoms with van der Waals surface area (Å²) in [5, 5.41) is 12.3. The fourth-order valence-electron chi connectivity index (χ4n) is 5.03. The normalized spacial score (nSPS) is 22.1. The first-order valence-electron chi connectivity index (χ1n) is 12.5. The Morgan fingerprint density at radius 1 is 1.24 bits per heavy atom. The van der Waals surface area contributed by atoms with Crippen LogP contribution in [0.25, 0.3) is 0 Å². The second-order valence-corrected chi connectivity index (χ2v) is 13.7. The summed E-state index contributed by atoms with van der Waals surface area (Å²) < 4.78 is 6.05. The van der Waals surface area contributed by atoms with Gasteiger partial charge in [-0.3, -0.25) is 9.69 Å². The van der Waals surface area contributed by atoms with E-state index >= 15 is 0 Å². The number of carbonyl (C=O) groups is 1. The molecule has 0 radical (unpaired) electrons. The summed E-state index contributed by atoms with van der Waals surface area (Å²) in [6, 6.07) is 10.6. The Kier molecular flexibility index (Phi) is 9.69. The number of ether oxygens (including phenoxy) is 1. The molecule has 34 heavy (non-hydrogen) atoms. The number of thiophene rings is 1. The molecule has 1 fully saturated rings. The second-order valence-electron chi connectivity index (χ2n) is 9.71. The topological polar surface area (TPSA) is 49.8 Å². The summed E-state index contributed by atoms with van der Waals surface area (Å²) in [4.78, 5) is 16.2. The summed E-state index contributed by atoms with van der Waals surface area (Å²) in [5.74, 6) is 1.62. The van der Waals surface area contributed by atoms with Gasteiger partial charge in [-0.05, 0) is 80.5 Å². The number of esters is 1. The zero-order chi connectivity index (χ0) is 23.8. The van der Waals surface area contributed by atoms with Gasteiger partial charge >= 0.3 is 5.97 Å². The maximum absolute atomic E-state index is 12.3. The quantitative estimate of drug-likeness (QED) is 0.196. The molecule has 0 unspecified atom stereocenters. The predicted octanol–water partition coefficient (Wildman–Crippen LogP) is 6.50. The number of fused-ring (bicyclic) bond motifs is 1. The van der Waals surface area contributed by atoms with Crippen molar-refractivity contribution in [2.45, 2.75) is 75.5 Å². The number of benzene rings is 1. The molecule has 2 heterocycles. The van der Waals surface area contributed by atoms with E-state index in [9.17, 15) is 9.90 Å². The highest BCUT2D eigenvalue weighted by atomic mass is 33.1. The van der Waals surface area contributed by atoms with E-state index in [0.29, 0.717) is 29.6 Å². The Morgan fingerprint density at radius 2 is 2.15 bits per heavy atom. The van der Waals surface area contributed by atoms with Crippen molar-refractivity contribution < 1.29 is 14.6 Å². The summed E-state index contributed by atoms with van der Waals surface area (Å²) >= 11 is 1.80. The van der Waals surface area contributed by atoms with Crippen molar-refractivity contribution in [1.82, 2.24) is 4.90 Å². The zero-order valence-corrected chi connectivity index (χ0v) is 22.6. The van der Waals surface area contributed by atoms with Gasteiger partial charge in [0.2, 0.25) is 0 Å². The number of phenolic OH excluding ortho intramolecular Hbond substituents is 1. The van der Waals surface area contributed by atoms with Gasteiger partial charge in [0.05, 0.1) is 0 Å². The van der Waals surface area contributed by atoms with Gasteiger partial charge in [-0.15, -0.1) is 11.3 Å². The Bertz CT molecular complexity index is 912. The van der Waals surface area contributed by atoms with Gasteiger partial charge < -0.3 is 9.84 Å². The van der Waals surface area contributed by atoms with E-state index in [4.69, 9.17) is 4.74 Å². The SMILES string of the molecule is C[C@@]1(CCCCC(=O)OCCN(CCc2cccs2)[C@H]2CCc3c(O)cccc3C2)CCSS1. The first-order chi connectivity index (χ1) is 16.5.